The Morgan fingerprint density at radius 1 is 0.750 bits per heavy atom. The molecule has 0 aliphatic carbocycles. The fourth-order valence-corrected chi connectivity index (χ4v) is 0. The van der Waals surface area contributed by atoms with E-state index in [0.717, 1.165) is 0 Å². The summed E-state index contributed by atoms with van der Waals surface area (Å²) in [7, 11) is 0. The van der Waals surface area contributed by atoms with Crippen molar-refractivity contribution < 1.29 is 57.4 Å². The van der Waals surface area contributed by atoms with Crippen LogP contribution in [0, 0.1) is 0 Å². The van der Waals surface area contributed by atoms with Gasteiger partial charge in [-0.3, -0.25) is 0 Å². The summed E-state index contributed by atoms with van der Waals surface area (Å²) in [5.74, 6) is 0. The molecule has 0 saturated heterocycles. The maximum Gasteiger partial charge on any atom is 2.00 e. The third kappa shape index (κ3) is 8.99. The number of hydrogen-bond donors (Lipinski definition) is 0. The van der Waals surface area contributed by atoms with Crippen molar-refractivity contribution in [3.63, 3.8) is 0 Å². The standard InChI is InChI=1S/2Mg.2Sc.4H/q2*+2;;;4*-1. The third-order valence-corrected chi connectivity index (χ3v) is 0. The van der Waals surface area contributed by atoms with Gasteiger partial charge in [0, 0.05) is 51.7 Å². The second kappa shape index (κ2) is 16.3. The van der Waals surface area contributed by atoms with E-state index in [-0.39, 0.29) is 103 Å². The van der Waals surface area contributed by atoms with Crippen LogP contribution in [0.2, 0.25) is 0 Å². The quantitative estimate of drug-likeness (QED) is 0.407. The molecular formula is H4Mg2Sc2. The molecule has 4 heteroatoms. The van der Waals surface area contributed by atoms with Crippen molar-refractivity contribution in [1.82, 2.24) is 0 Å². The number of hydrogen-bond acceptors (Lipinski definition) is 0. The van der Waals surface area contributed by atoms with E-state index < -0.39 is 0 Å². The van der Waals surface area contributed by atoms with Gasteiger partial charge in [-0.15, -0.1) is 0 Å². The summed E-state index contributed by atoms with van der Waals surface area (Å²) in [6.07, 6.45) is 0. The van der Waals surface area contributed by atoms with Crippen LogP contribution < -0.4 is 0 Å². The van der Waals surface area contributed by atoms with Gasteiger partial charge in [-0.25, -0.2) is 0 Å². The normalized spacial score (nSPS) is 0. The van der Waals surface area contributed by atoms with E-state index in [1.165, 1.54) is 0 Å². The van der Waals surface area contributed by atoms with Gasteiger partial charge in [0.05, 0.1) is 0 Å². The summed E-state index contributed by atoms with van der Waals surface area (Å²) in [6.45, 7) is 0. The minimum atomic E-state index is 0. The first-order chi connectivity index (χ1) is 0. The minimum Gasteiger partial charge on any atom is -1.00 e. The van der Waals surface area contributed by atoms with Crippen LogP contribution in [0.4, 0.5) is 0 Å². The van der Waals surface area contributed by atoms with E-state index >= 15 is 0 Å². The molecule has 0 spiro atoms. The molecular weight excluding hydrogens is 139 g/mol. The first-order valence-corrected chi connectivity index (χ1v) is 0. The van der Waals surface area contributed by atoms with Crippen LogP contribution >= 0.6 is 0 Å². The van der Waals surface area contributed by atoms with Gasteiger partial charge < -0.3 is 5.71 Å². The van der Waals surface area contributed by atoms with Gasteiger partial charge in [0.25, 0.3) is 0 Å². The van der Waals surface area contributed by atoms with Crippen molar-refractivity contribution in [2.75, 3.05) is 0 Å². The second-order valence-corrected chi connectivity index (χ2v) is 0. The predicted octanol–water partition coefficient (Wildman–Crippen LogP) is -0.317. The molecule has 0 rings (SSSR count). The third-order valence-electron chi connectivity index (χ3n) is 0. The van der Waals surface area contributed by atoms with Gasteiger partial charge >= 0.3 is 46.1 Å². The molecule has 0 aliphatic rings. The van der Waals surface area contributed by atoms with Crippen molar-refractivity contribution >= 4 is 46.1 Å². The van der Waals surface area contributed by atoms with Gasteiger partial charge in [0.15, 0.2) is 0 Å². The van der Waals surface area contributed by atoms with Crippen molar-refractivity contribution in [1.29, 1.82) is 0 Å². The zero-order chi connectivity index (χ0) is 0. The zero-order valence-electron chi connectivity index (χ0n) is 6.57. The van der Waals surface area contributed by atoms with Crippen LogP contribution in [0.3, 0.4) is 0 Å². The van der Waals surface area contributed by atoms with E-state index in [0.29, 0.717) is 0 Å². The molecule has 0 N–H and O–H groups in total. The fraction of sp³-hybridized carbons (Fsp3) is 0. The summed E-state index contributed by atoms with van der Waals surface area (Å²) in [5.41, 5.74) is 0. The molecule has 0 aliphatic heterocycles. The molecule has 0 aromatic carbocycles. The molecule has 0 atom stereocenters. The Hall–Kier alpha value is 3.27. The molecule has 14 valence electrons. The molecule has 0 amide bonds. The second-order valence-electron chi connectivity index (χ2n) is 0. The smallest absolute Gasteiger partial charge is 1.00 e. The summed E-state index contributed by atoms with van der Waals surface area (Å²) < 4.78 is 0. The Kier molecular flexibility index (Phi) is 109. The van der Waals surface area contributed by atoms with Crippen molar-refractivity contribution in [2.45, 2.75) is 0 Å². The molecule has 0 unspecified atom stereocenters. The fourth-order valence-electron chi connectivity index (χ4n) is 0. The molecule has 2 radical (unpaired) electrons. The van der Waals surface area contributed by atoms with Crippen molar-refractivity contribution in [2.24, 2.45) is 0 Å². The topological polar surface area (TPSA) is 0 Å². The maximum absolute atomic E-state index is 0. The monoisotopic (exact) mass is 142 g/mol. The van der Waals surface area contributed by atoms with Gasteiger partial charge in [-0.1, -0.05) is 0 Å². The largest absolute Gasteiger partial charge is 2.00 e. The molecule has 0 saturated carbocycles. The average Bonchev–Trinajstić information content (AvgIpc) is 0. The molecule has 0 nitrogen and oxygen atoms in total. The first-order valence-electron chi connectivity index (χ1n) is 0. The molecule has 4 heavy (non-hydrogen) atoms. The summed E-state index contributed by atoms with van der Waals surface area (Å²) >= 11 is 0. The van der Waals surface area contributed by atoms with Gasteiger partial charge in [0.2, 0.25) is 0 Å². The maximum atomic E-state index is 0. The number of rotatable bonds is 0. The Labute approximate surface area is 102 Å². The van der Waals surface area contributed by atoms with E-state index in [1.807, 2.05) is 0 Å². The van der Waals surface area contributed by atoms with Crippen LogP contribution in [0.25, 0.3) is 0 Å². The van der Waals surface area contributed by atoms with Crippen molar-refractivity contribution in [3.05, 3.63) is 0 Å². The van der Waals surface area contributed by atoms with E-state index in [9.17, 15) is 0 Å². The van der Waals surface area contributed by atoms with E-state index in [1.54, 1.807) is 0 Å². The molecule has 0 aromatic rings. The molecule has 0 heterocycles. The molecule has 0 aromatic heterocycles. The SMILES string of the molecule is [H-].[H-].[H-].[H-].[Mg+2].[Mg+2].[Sc].[Sc]. The first kappa shape index (κ1) is 26.7. The van der Waals surface area contributed by atoms with Crippen LogP contribution in [-0.4, -0.2) is 46.1 Å². The molecule has 0 fully saturated rings. The van der Waals surface area contributed by atoms with E-state index in [4.69, 9.17) is 0 Å². The molecule has 0 bridgehead atoms. The summed E-state index contributed by atoms with van der Waals surface area (Å²) in [4.78, 5) is 0. The Balaban J connectivity index is 0. The van der Waals surface area contributed by atoms with Crippen LogP contribution in [0.1, 0.15) is 5.71 Å². The Morgan fingerprint density at radius 2 is 0.750 bits per heavy atom. The van der Waals surface area contributed by atoms with Crippen LogP contribution in [-0.2, 0) is 51.7 Å². The Bertz CT molecular complexity index is 12.0. The van der Waals surface area contributed by atoms with Crippen LogP contribution in [0.5, 0.6) is 0 Å². The summed E-state index contributed by atoms with van der Waals surface area (Å²) in [5, 5.41) is 0. The minimum absolute atomic E-state index is 0. The predicted molar refractivity (Wildman–Crippen MR) is 16.0 cm³/mol. The van der Waals surface area contributed by atoms with Crippen molar-refractivity contribution in [3.8, 4) is 0 Å². The average molecular weight is 143 g/mol. The zero-order valence-corrected chi connectivity index (χ0v) is 9.00. The van der Waals surface area contributed by atoms with Gasteiger partial charge in [-0.05, 0) is 0 Å². The van der Waals surface area contributed by atoms with Gasteiger partial charge in [0.1, 0.15) is 0 Å². The van der Waals surface area contributed by atoms with Crippen LogP contribution in [0.15, 0.2) is 0 Å². The van der Waals surface area contributed by atoms with Gasteiger partial charge in [-0.2, -0.15) is 0 Å². The van der Waals surface area contributed by atoms with E-state index in [2.05, 4.69) is 0 Å². The Morgan fingerprint density at radius 3 is 0.750 bits per heavy atom. The summed E-state index contributed by atoms with van der Waals surface area (Å²) in [6, 6.07) is 0.